The van der Waals surface area contributed by atoms with Crippen molar-refractivity contribution in [1.82, 2.24) is 19.6 Å². The van der Waals surface area contributed by atoms with E-state index in [1.165, 1.54) is 6.07 Å². The molecule has 0 spiro atoms. The van der Waals surface area contributed by atoms with E-state index in [0.29, 0.717) is 45.9 Å². The second-order valence-electron chi connectivity index (χ2n) is 9.00. The maximum Gasteiger partial charge on any atom is 0.234 e. The molecule has 2 aromatic heterocycles. The van der Waals surface area contributed by atoms with Gasteiger partial charge in [-0.15, -0.1) is 0 Å². The lowest BCUT2D eigenvalue weighted by Crippen LogP contribution is -2.43. The van der Waals surface area contributed by atoms with Gasteiger partial charge in [0.2, 0.25) is 5.95 Å². The van der Waals surface area contributed by atoms with E-state index in [0.717, 1.165) is 24.9 Å². The van der Waals surface area contributed by atoms with Gasteiger partial charge in [-0.3, -0.25) is 14.2 Å². The van der Waals surface area contributed by atoms with Gasteiger partial charge in [-0.1, -0.05) is 24.3 Å². The predicted octanol–water partition coefficient (Wildman–Crippen LogP) is 4.32. The van der Waals surface area contributed by atoms with E-state index in [4.69, 9.17) is 4.84 Å². The number of aromatic nitrogens is 3. The molecule has 7 nitrogen and oxygen atoms in total. The van der Waals surface area contributed by atoms with Crippen molar-refractivity contribution < 1.29 is 18.6 Å². The first-order chi connectivity index (χ1) is 16.9. The molecule has 3 unspecified atom stereocenters. The topological polar surface area (TPSA) is 83.3 Å². The van der Waals surface area contributed by atoms with Gasteiger partial charge in [-0.05, 0) is 42.2 Å². The van der Waals surface area contributed by atoms with Crippen LogP contribution in [-0.2, 0) is 16.0 Å². The second-order valence-corrected chi connectivity index (χ2v) is 10.3. The van der Waals surface area contributed by atoms with Crippen LogP contribution in [0.2, 0.25) is 0 Å². The average Bonchev–Trinajstić information content (AvgIpc) is 3.41. The molecule has 2 fully saturated rings. The summed E-state index contributed by atoms with van der Waals surface area (Å²) in [6.45, 7) is 1.61. The predicted molar refractivity (Wildman–Crippen MR) is 130 cm³/mol. The molecule has 0 saturated carbocycles. The summed E-state index contributed by atoms with van der Waals surface area (Å²) >= 11 is -1.26. The number of hydrogen-bond acceptors (Lipinski definition) is 6. The molecule has 6 rings (SSSR count). The van der Waals surface area contributed by atoms with E-state index in [-0.39, 0.29) is 11.6 Å². The number of Topliss-reactive ketones (excluding diaryl/α,β-unsaturated/α-hetero) is 1. The van der Waals surface area contributed by atoms with Crippen LogP contribution in [0.5, 0.6) is 0 Å². The number of fused-ring (bicyclic) bond motifs is 3. The molecular formula is C26H23FN4O3S. The summed E-state index contributed by atoms with van der Waals surface area (Å²) in [6, 6.07) is 11.9. The Kier molecular flexibility index (Phi) is 5.45. The molecule has 2 aliphatic rings. The quantitative estimate of drug-likeness (QED) is 0.306. The van der Waals surface area contributed by atoms with Gasteiger partial charge >= 0.3 is 0 Å². The molecule has 4 aromatic rings. The number of carbonyl (C=O) groups excluding carboxylic acids is 1. The smallest absolute Gasteiger partial charge is 0.234 e. The van der Waals surface area contributed by atoms with Crippen LogP contribution >= 0.6 is 0 Å². The zero-order chi connectivity index (χ0) is 24.2. The SMILES string of the molecule is C[S+]([O-])c1cn(-c2ncc(-c3ccccc3F)cn2)c2cc(C(=O)C34CCCN(CC3)O4)ccc12. The van der Waals surface area contributed by atoms with E-state index in [1.54, 1.807) is 59.7 Å². The molecule has 178 valence electrons. The van der Waals surface area contributed by atoms with Crippen molar-refractivity contribution in [2.24, 2.45) is 0 Å². The second kappa shape index (κ2) is 8.53. The van der Waals surface area contributed by atoms with E-state index in [9.17, 15) is 13.7 Å². The number of ketones is 1. The molecule has 0 N–H and O–H groups in total. The zero-order valence-electron chi connectivity index (χ0n) is 19.1. The summed E-state index contributed by atoms with van der Waals surface area (Å²) in [5.74, 6) is -0.0447. The van der Waals surface area contributed by atoms with Crippen molar-refractivity contribution in [1.29, 1.82) is 0 Å². The zero-order valence-corrected chi connectivity index (χ0v) is 19.9. The lowest BCUT2D eigenvalue weighted by atomic mass is 9.86. The van der Waals surface area contributed by atoms with E-state index in [1.807, 2.05) is 11.1 Å². The van der Waals surface area contributed by atoms with E-state index in [2.05, 4.69) is 9.97 Å². The van der Waals surface area contributed by atoms with Crippen LogP contribution in [-0.4, -0.2) is 54.9 Å². The lowest BCUT2D eigenvalue weighted by molar-refractivity contribution is -0.199. The molecule has 0 aliphatic carbocycles. The molecule has 4 heterocycles. The molecule has 2 bridgehead atoms. The molecule has 35 heavy (non-hydrogen) atoms. The highest BCUT2D eigenvalue weighted by atomic mass is 32.2. The fraction of sp³-hybridized carbons (Fsp3) is 0.269. The first kappa shape index (κ1) is 22.4. The number of benzene rings is 2. The van der Waals surface area contributed by atoms with Crippen LogP contribution in [0.1, 0.15) is 29.6 Å². The van der Waals surface area contributed by atoms with Crippen LogP contribution in [0.4, 0.5) is 4.39 Å². The Morgan fingerprint density at radius 3 is 2.71 bits per heavy atom. The fourth-order valence-corrected chi connectivity index (χ4v) is 5.79. The van der Waals surface area contributed by atoms with Crippen molar-refractivity contribution >= 4 is 27.9 Å². The number of hydroxylamine groups is 2. The minimum Gasteiger partial charge on any atom is -0.612 e. The van der Waals surface area contributed by atoms with Gasteiger partial charge in [0.15, 0.2) is 16.3 Å². The van der Waals surface area contributed by atoms with Crippen LogP contribution in [0.3, 0.4) is 0 Å². The summed E-state index contributed by atoms with van der Waals surface area (Å²) in [5, 5.41) is 2.64. The highest BCUT2D eigenvalue weighted by molar-refractivity contribution is 7.91. The Bertz CT molecular complexity index is 1430. The Morgan fingerprint density at radius 1 is 1.14 bits per heavy atom. The van der Waals surface area contributed by atoms with Gasteiger partial charge in [0, 0.05) is 48.6 Å². The number of hydrogen-bond donors (Lipinski definition) is 0. The van der Waals surface area contributed by atoms with Crippen molar-refractivity contribution in [2.45, 2.75) is 29.8 Å². The fourth-order valence-electron chi connectivity index (χ4n) is 5.06. The maximum atomic E-state index is 14.2. The summed E-state index contributed by atoms with van der Waals surface area (Å²) in [7, 11) is 0. The minimum atomic E-state index is -1.26. The third-order valence-electron chi connectivity index (χ3n) is 6.85. The summed E-state index contributed by atoms with van der Waals surface area (Å²) in [4.78, 5) is 29.1. The number of carbonyl (C=O) groups is 1. The van der Waals surface area contributed by atoms with Crippen molar-refractivity contribution in [3.8, 4) is 17.1 Å². The third kappa shape index (κ3) is 3.75. The molecule has 2 aromatic carbocycles. The molecule has 0 amide bonds. The Labute approximate surface area is 204 Å². The standard InChI is InChI=1S/C26H23FN4O3S/c1-35(33)23-16-31(25-28-14-18(15-29-25)19-5-2-3-6-21(19)27)22-13-17(7-8-20(22)23)24(32)26-9-4-11-30(34-26)12-10-26/h2-3,5-8,13-16H,4,9-12H2,1H3. The van der Waals surface area contributed by atoms with Gasteiger partial charge < -0.3 is 4.55 Å². The highest BCUT2D eigenvalue weighted by Crippen LogP contribution is 2.38. The maximum absolute atomic E-state index is 14.2. The van der Waals surface area contributed by atoms with Crippen LogP contribution in [0.15, 0.2) is 66.0 Å². The van der Waals surface area contributed by atoms with Gasteiger partial charge in [0.25, 0.3) is 0 Å². The highest BCUT2D eigenvalue weighted by Gasteiger charge is 2.48. The van der Waals surface area contributed by atoms with E-state index < -0.39 is 16.8 Å². The molecular weight excluding hydrogens is 467 g/mol. The molecule has 3 atom stereocenters. The normalized spacial score (nSPS) is 22.4. The van der Waals surface area contributed by atoms with Crippen LogP contribution in [0, 0.1) is 5.82 Å². The Hall–Kier alpha value is -3.11. The van der Waals surface area contributed by atoms with Crippen molar-refractivity contribution in [2.75, 3.05) is 19.3 Å². The van der Waals surface area contributed by atoms with Gasteiger partial charge in [-0.25, -0.2) is 14.4 Å². The van der Waals surface area contributed by atoms with E-state index >= 15 is 0 Å². The van der Waals surface area contributed by atoms with Crippen molar-refractivity contribution in [3.63, 3.8) is 0 Å². The van der Waals surface area contributed by atoms with Crippen LogP contribution in [0.25, 0.3) is 28.0 Å². The lowest BCUT2D eigenvalue weighted by Gasteiger charge is -2.32. The van der Waals surface area contributed by atoms with Gasteiger partial charge in [-0.2, -0.15) is 5.06 Å². The third-order valence-corrected chi connectivity index (χ3v) is 7.80. The Balaban J connectivity index is 1.42. The largest absolute Gasteiger partial charge is 0.612 e. The average molecular weight is 491 g/mol. The summed E-state index contributed by atoms with van der Waals surface area (Å²) in [5.41, 5.74) is 1.38. The first-order valence-corrected chi connectivity index (χ1v) is 13.1. The molecule has 9 heteroatoms. The van der Waals surface area contributed by atoms with Crippen molar-refractivity contribution in [3.05, 3.63) is 72.4 Å². The molecule has 0 radical (unpaired) electrons. The number of halogens is 1. The van der Waals surface area contributed by atoms with Gasteiger partial charge in [0.1, 0.15) is 12.1 Å². The van der Waals surface area contributed by atoms with Gasteiger partial charge in [0.05, 0.1) is 17.1 Å². The molecule has 2 aliphatic heterocycles. The summed E-state index contributed by atoms with van der Waals surface area (Å²) in [6.07, 6.45) is 8.77. The molecule has 2 saturated heterocycles. The first-order valence-electron chi connectivity index (χ1n) is 11.5. The van der Waals surface area contributed by atoms with Crippen LogP contribution < -0.4 is 0 Å². The summed E-state index contributed by atoms with van der Waals surface area (Å²) < 4.78 is 28.4. The minimum absolute atomic E-state index is 0.0376. The Morgan fingerprint density at radius 2 is 1.94 bits per heavy atom. The number of rotatable bonds is 5. The number of nitrogens with zero attached hydrogens (tertiary/aromatic N) is 4. The monoisotopic (exact) mass is 490 g/mol.